The Labute approximate surface area is 229 Å². The second-order valence-electron chi connectivity index (χ2n) is 7.00. The number of amidine groups is 1. The van der Waals surface area contributed by atoms with Crippen LogP contribution in [-0.4, -0.2) is 18.2 Å². The average molecular weight is 646 g/mol. The molecule has 1 aliphatic heterocycles. The normalized spacial score (nSPS) is 15.6. The van der Waals surface area contributed by atoms with Gasteiger partial charge in [0.1, 0.15) is 6.61 Å². The molecule has 1 fully saturated rings. The summed E-state index contributed by atoms with van der Waals surface area (Å²) in [5, 5.41) is 4.21. The number of nitrogens with one attached hydrogen (secondary N) is 1. The number of amides is 1. The van der Waals surface area contributed by atoms with E-state index >= 15 is 0 Å². The number of methoxy groups -OCH3 is 1. The molecule has 0 atom stereocenters. The van der Waals surface area contributed by atoms with E-state index in [1.807, 2.05) is 24.3 Å². The largest absolute Gasteiger partial charge is 0.493 e. The summed E-state index contributed by atoms with van der Waals surface area (Å²) in [6, 6.07) is 16.6. The van der Waals surface area contributed by atoms with Gasteiger partial charge in [0.25, 0.3) is 5.91 Å². The first-order valence-electron chi connectivity index (χ1n) is 9.82. The molecule has 0 aliphatic carbocycles. The Hall–Kier alpha value is -1.91. The monoisotopic (exact) mass is 644 g/mol. The number of nitrogens with zero attached hydrogens (tertiary/aromatic N) is 1. The van der Waals surface area contributed by atoms with E-state index in [2.05, 4.69) is 32.9 Å². The predicted molar refractivity (Wildman–Crippen MR) is 149 cm³/mol. The second kappa shape index (κ2) is 11.2. The van der Waals surface area contributed by atoms with Crippen molar-refractivity contribution in [2.24, 2.45) is 4.99 Å². The van der Waals surface area contributed by atoms with Gasteiger partial charge in [0.15, 0.2) is 16.7 Å². The Balaban J connectivity index is 1.54. The molecule has 0 radical (unpaired) electrons. The zero-order valence-electron chi connectivity index (χ0n) is 17.6. The van der Waals surface area contributed by atoms with Crippen molar-refractivity contribution in [2.75, 3.05) is 7.11 Å². The van der Waals surface area contributed by atoms with E-state index in [-0.39, 0.29) is 5.91 Å². The van der Waals surface area contributed by atoms with Gasteiger partial charge in [-0.25, -0.2) is 4.99 Å². The highest BCUT2D eigenvalue weighted by Crippen LogP contribution is 2.39. The minimum atomic E-state index is -0.281. The number of rotatable bonds is 6. The highest BCUT2D eigenvalue weighted by Gasteiger charge is 2.24. The van der Waals surface area contributed by atoms with Gasteiger partial charge in [0.2, 0.25) is 0 Å². The lowest BCUT2D eigenvalue weighted by Gasteiger charge is -2.13. The van der Waals surface area contributed by atoms with E-state index in [0.717, 1.165) is 9.13 Å². The molecule has 0 unspecified atom stereocenters. The lowest BCUT2D eigenvalue weighted by Crippen LogP contribution is -2.19. The molecule has 0 spiro atoms. The van der Waals surface area contributed by atoms with Gasteiger partial charge in [-0.1, -0.05) is 53.0 Å². The molecular weight excluding hydrogens is 630 g/mol. The third-order valence-corrected chi connectivity index (χ3v) is 7.37. The number of carbonyl (C=O) groups excluding carboxylic acids is 1. The van der Waals surface area contributed by atoms with Crippen LogP contribution in [0.25, 0.3) is 6.08 Å². The molecule has 1 heterocycles. The summed E-state index contributed by atoms with van der Waals surface area (Å²) in [4.78, 5) is 17.3. The van der Waals surface area contributed by atoms with Crippen molar-refractivity contribution in [2.45, 2.75) is 6.61 Å². The maximum Gasteiger partial charge on any atom is 0.264 e. The van der Waals surface area contributed by atoms with Crippen LogP contribution in [0.1, 0.15) is 11.1 Å². The average Bonchev–Trinajstić information content (AvgIpc) is 3.15. The second-order valence-corrected chi connectivity index (χ2v) is 10.5. The molecule has 1 N–H and O–H groups in total. The highest BCUT2D eigenvalue weighted by atomic mass is 127. The van der Waals surface area contributed by atoms with Crippen LogP contribution in [0.4, 0.5) is 5.69 Å². The van der Waals surface area contributed by atoms with Crippen molar-refractivity contribution in [3.8, 4) is 11.5 Å². The van der Waals surface area contributed by atoms with Crippen molar-refractivity contribution < 1.29 is 14.3 Å². The molecule has 1 amide bonds. The van der Waals surface area contributed by atoms with E-state index in [0.29, 0.717) is 54.5 Å². The molecule has 0 bridgehead atoms. The SMILES string of the molecule is COc1cc(/C=C2/SC(=Nc3cccc(Cl)c3Cl)NC2=O)cc(Cl)c1OCc1ccc(I)cc1. The highest BCUT2D eigenvalue weighted by molar-refractivity contribution is 14.1. The lowest BCUT2D eigenvalue weighted by atomic mass is 10.1. The fourth-order valence-corrected chi connectivity index (χ4v) is 4.83. The lowest BCUT2D eigenvalue weighted by molar-refractivity contribution is -0.115. The van der Waals surface area contributed by atoms with Crippen molar-refractivity contribution in [3.05, 3.63) is 89.3 Å². The van der Waals surface area contributed by atoms with Crippen LogP contribution in [0, 0.1) is 3.57 Å². The molecule has 10 heteroatoms. The van der Waals surface area contributed by atoms with Gasteiger partial charge in [-0.3, -0.25) is 4.79 Å². The van der Waals surface area contributed by atoms with Crippen LogP contribution in [0.15, 0.2) is 64.5 Å². The summed E-state index contributed by atoms with van der Waals surface area (Å²) < 4.78 is 12.6. The van der Waals surface area contributed by atoms with Gasteiger partial charge in [-0.15, -0.1) is 0 Å². The number of halogens is 4. The topological polar surface area (TPSA) is 59.9 Å². The number of hydrogen-bond donors (Lipinski definition) is 1. The number of thioether (sulfide) groups is 1. The Morgan fingerprint density at radius 1 is 1.09 bits per heavy atom. The molecule has 0 aromatic heterocycles. The van der Waals surface area contributed by atoms with Gasteiger partial charge in [-0.2, -0.15) is 0 Å². The van der Waals surface area contributed by atoms with Crippen molar-refractivity contribution in [3.63, 3.8) is 0 Å². The van der Waals surface area contributed by atoms with Crippen LogP contribution in [-0.2, 0) is 11.4 Å². The molecule has 1 saturated heterocycles. The van der Waals surface area contributed by atoms with Gasteiger partial charge < -0.3 is 14.8 Å². The third-order valence-electron chi connectivity index (χ3n) is 4.65. The zero-order valence-corrected chi connectivity index (χ0v) is 22.8. The van der Waals surface area contributed by atoms with E-state index in [9.17, 15) is 4.79 Å². The predicted octanol–water partition coefficient (Wildman–Crippen LogP) is 7.73. The Kier molecular flexibility index (Phi) is 8.31. The minimum absolute atomic E-state index is 0.281. The van der Waals surface area contributed by atoms with Crippen molar-refractivity contribution >= 4 is 92.0 Å². The number of ether oxygens (including phenoxy) is 2. The fraction of sp³-hybridized carbons (Fsp3) is 0.0833. The van der Waals surface area contributed by atoms with Crippen LogP contribution >= 0.6 is 69.2 Å². The zero-order chi connectivity index (χ0) is 24.2. The number of benzene rings is 3. The smallest absolute Gasteiger partial charge is 0.264 e. The van der Waals surface area contributed by atoms with Gasteiger partial charge in [-0.05, 0) is 88.0 Å². The van der Waals surface area contributed by atoms with Crippen LogP contribution in [0.2, 0.25) is 15.1 Å². The fourth-order valence-electron chi connectivity index (χ4n) is 3.02. The number of aliphatic imine (C=N–C) groups is 1. The maximum atomic E-state index is 12.5. The van der Waals surface area contributed by atoms with Crippen LogP contribution < -0.4 is 14.8 Å². The van der Waals surface area contributed by atoms with E-state index in [4.69, 9.17) is 44.3 Å². The van der Waals surface area contributed by atoms with E-state index in [1.54, 1.807) is 36.4 Å². The van der Waals surface area contributed by atoms with Crippen LogP contribution in [0.5, 0.6) is 11.5 Å². The van der Waals surface area contributed by atoms with Crippen LogP contribution in [0.3, 0.4) is 0 Å². The Morgan fingerprint density at radius 3 is 2.59 bits per heavy atom. The molecule has 5 nitrogen and oxygen atoms in total. The van der Waals surface area contributed by atoms with Gasteiger partial charge in [0.05, 0.1) is 32.8 Å². The van der Waals surface area contributed by atoms with Crippen molar-refractivity contribution in [1.82, 2.24) is 5.32 Å². The molecule has 1 aliphatic rings. The first-order valence-corrected chi connectivity index (χ1v) is 12.9. The summed E-state index contributed by atoms with van der Waals surface area (Å²) >= 11 is 22.2. The molecule has 0 saturated carbocycles. The third kappa shape index (κ3) is 6.01. The van der Waals surface area contributed by atoms with Gasteiger partial charge >= 0.3 is 0 Å². The standard InChI is InChI=1S/C24H16Cl3IN2O3S/c1-32-19-10-14(9-17(26)22(19)33-12-13-5-7-15(28)8-6-13)11-20-23(31)30-24(34-20)29-18-4-2-3-16(25)21(18)27/h2-11H,12H2,1H3,(H,29,30,31)/b20-11+. The van der Waals surface area contributed by atoms with Gasteiger partial charge in [0, 0.05) is 3.57 Å². The minimum Gasteiger partial charge on any atom is -0.493 e. The summed E-state index contributed by atoms with van der Waals surface area (Å²) in [7, 11) is 1.54. The molecule has 174 valence electrons. The van der Waals surface area contributed by atoms with Crippen molar-refractivity contribution in [1.29, 1.82) is 0 Å². The summed E-state index contributed by atoms with van der Waals surface area (Å²) in [5.74, 6) is 0.620. The molecule has 34 heavy (non-hydrogen) atoms. The quantitative estimate of drug-likeness (QED) is 0.220. The Bertz CT molecular complexity index is 1310. The Morgan fingerprint density at radius 2 is 1.85 bits per heavy atom. The maximum absolute atomic E-state index is 12.5. The molecule has 3 aromatic rings. The molecular formula is C24H16Cl3IN2O3S. The first kappa shape index (κ1) is 25.2. The summed E-state index contributed by atoms with van der Waals surface area (Å²) in [6.45, 7) is 0.345. The first-order chi connectivity index (χ1) is 16.3. The molecule has 3 aromatic carbocycles. The molecule has 4 rings (SSSR count). The number of hydrogen-bond acceptors (Lipinski definition) is 5. The van der Waals surface area contributed by atoms with E-state index in [1.165, 1.54) is 18.9 Å². The summed E-state index contributed by atoms with van der Waals surface area (Å²) in [5.41, 5.74) is 2.16. The summed E-state index contributed by atoms with van der Waals surface area (Å²) in [6.07, 6.45) is 1.71. The number of carbonyl (C=O) groups is 1. The van der Waals surface area contributed by atoms with E-state index < -0.39 is 0 Å².